The number of methoxy groups -OCH3 is 2. The molecule has 0 fully saturated rings. The maximum atomic E-state index is 12.5. The van der Waals surface area contributed by atoms with Crippen LogP contribution in [0.2, 0.25) is 5.02 Å². The number of ether oxygens (including phenoxy) is 3. The molecule has 8 heteroatoms. The minimum absolute atomic E-state index is 0.294. The molecule has 0 aliphatic heterocycles. The molecule has 0 aliphatic rings. The van der Waals surface area contributed by atoms with Crippen molar-refractivity contribution in [3.8, 4) is 28.5 Å². The Morgan fingerprint density at radius 1 is 1.14 bits per heavy atom. The second-order valence-electron chi connectivity index (χ2n) is 6.26. The van der Waals surface area contributed by atoms with Crippen LogP contribution >= 0.6 is 22.9 Å². The Bertz CT molecular complexity index is 1020. The van der Waals surface area contributed by atoms with Gasteiger partial charge in [0.05, 0.1) is 19.9 Å². The fourth-order valence-corrected chi connectivity index (χ4v) is 3.61. The van der Waals surface area contributed by atoms with E-state index in [4.69, 9.17) is 25.8 Å². The Morgan fingerprint density at radius 2 is 1.90 bits per heavy atom. The van der Waals surface area contributed by atoms with Crippen LogP contribution in [0.4, 0.5) is 5.13 Å². The third kappa shape index (κ3) is 4.99. The Hall–Kier alpha value is -2.77. The van der Waals surface area contributed by atoms with E-state index in [2.05, 4.69) is 10.3 Å². The molecule has 1 heterocycles. The molecule has 1 amide bonds. The summed E-state index contributed by atoms with van der Waals surface area (Å²) in [6.07, 6.45) is -0.700. The number of hydrogen-bond donors (Lipinski definition) is 1. The predicted octanol–water partition coefficient (Wildman–Crippen LogP) is 5.20. The number of carbonyl (C=O) groups excluding carboxylic acids is 1. The van der Waals surface area contributed by atoms with Crippen molar-refractivity contribution in [1.82, 2.24) is 4.98 Å². The standard InChI is InChI=1S/C21H21ClN2O4S/c1-12-9-14(22)5-7-18(12)28-13(2)20(25)24-21-23-17(11-29-21)16-10-15(26-3)6-8-19(16)27-4/h5-11,13H,1-4H3,(H,23,24,25)/t13-/m1/s1. The largest absolute Gasteiger partial charge is 0.497 e. The average Bonchev–Trinajstić information content (AvgIpc) is 3.17. The summed E-state index contributed by atoms with van der Waals surface area (Å²) in [7, 11) is 3.19. The van der Waals surface area contributed by atoms with Gasteiger partial charge in [0, 0.05) is 16.0 Å². The summed E-state index contributed by atoms with van der Waals surface area (Å²) in [6.45, 7) is 3.56. The van der Waals surface area contributed by atoms with Gasteiger partial charge >= 0.3 is 0 Å². The molecule has 152 valence electrons. The zero-order valence-electron chi connectivity index (χ0n) is 16.5. The molecule has 3 aromatic rings. The van der Waals surface area contributed by atoms with Gasteiger partial charge in [-0.3, -0.25) is 10.1 Å². The summed E-state index contributed by atoms with van der Waals surface area (Å²) in [5.74, 6) is 1.68. The van der Waals surface area contributed by atoms with E-state index in [1.165, 1.54) is 11.3 Å². The monoisotopic (exact) mass is 432 g/mol. The lowest BCUT2D eigenvalue weighted by Crippen LogP contribution is -2.30. The highest BCUT2D eigenvalue weighted by atomic mass is 35.5. The molecule has 29 heavy (non-hydrogen) atoms. The number of hydrogen-bond acceptors (Lipinski definition) is 6. The molecule has 1 N–H and O–H groups in total. The molecular weight excluding hydrogens is 412 g/mol. The Balaban J connectivity index is 1.72. The minimum Gasteiger partial charge on any atom is -0.497 e. The number of aryl methyl sites for hydroxylation is 1. The molecule has 1 atom stereocenters. The van der Waals surface area contributed by atoms with Gasteiger partial charge in [-0.2, -0.15) is 0 Å². The normalized spacial score (nSPS) is 11.6. The topological polar surface area (TPSA) is 69.7 Å². The highest BCUT2D eigenvalue weighted by molar-refractivity contribution is 7.14. The van der Waals surface area contributed by atoms with E-state index in [-0.39, 0.29) is 5.91 Å². The molecule has 0 radical (unpaired) electrons. The van der Waals surface area contributed by atoms with Crippen molar-refractivity contribution in [2.75, 3.05) is 19.5 Å². The lowest BCUT2D eigenvalue weighted by Gasteiger charge is -2.15. The van der Waals surface area contributed by atoms with E-state index in [0.717, 1.165) is 11.1 Å². The van der Waals surface area contributed by atoms with E-state index < -0.39 is 6.10 Å². The fourth-order valence-electron chi connectivity index (χ4n) is 2.67. The van der Waals surface area contributed by atoms with Crippen LogP contribution in [-0.2, 0) is 4.79 Å². The van der Waals surface area contributed by atoms with Gasteiger partial charge in [0.2, 0.25) is 0 Å². The number of amides is 1. The van der Waals surface area contributed by atoms with Crippen molar-refractivity contribution >= 4 is 34.0 Å². The Kier molecular flexibility index (Phi) is 6.61. The van der Waals surface area contributed by atoms with Crippen molar-refractivity contribution in [2.24, 2.45) is 0 Å². The quantitative estimate of drug-likeness (QED) is 0.556. The van der Waals surface area contributed by atoms with Crippen LogP contribution in [0.25, 0.3) is 11.3 Å². The van der Waals surface area contributed by atoms with Gasteiger partial charge < -0.3 is 14.2 Å². The van der Waals surface area contributed by atoms with Gasteiger partial charge in [-0.15, -0.1) is 11.3 Å². The molecular formula is C21H21ClN2O4S. The number of nitrogens with zero attached hydrogens (tertiary/aromatic N) is 1. The molecule has 1 aromatic heterocycles. The first-order valence-corrected chi connectivity index (χ1v) is 10.1. The predicted molar refractivity (Wildman–Crippen MR) is 116 cm³/mol. The van der Waals surface area contributed by atoms with E-state index in [1.807, 2.05) is 30.5 Å². The second-order valence-corrected chi connectivity index (χ2v) is 7.56. The van der Waals surface area contributed by atoms with Gasteiger partial charge in [0.25, 0.3) is 5.91 Å². The van der Waals surface area contributed by atoms with Crippen LogP contribution in [0.15, 0.2) is 41.8 Å². The number of aromatic nitrogens is 1. The van der Waals surface area contributed by atoms with E-state index in [0.29, 0.717) is 33.1 Å². The van der Waals surface area contributed by atoms with E-state index in [9.17, 15) is 4.79 Å². The first-order chi connectivity index (χ1) is 13.9. The molecule has 3 rings (SSSR count). The van der Waals surface area contributed by atoms with Crippen molar-refractivity contribution < 1.29 is 19.0 Å². The SMILES string of the molecule is COc1ccc(OC)c(-c2csc(NC(=O)[C@@H](C)Oc3ccc(Cl)cc3C)n2)c1. The van der Waals surface area contributed by atoms with Gasteiger partial charge in [0.1, 0.15) is 17.2 Å². The maximum Gasteiger partial charge on any atom is 0.266 e. The molecule has 2 aromatic carbocycles. The van der Waals surface area contributed by atoms with Crippen molar-refractivity contribution in [3.05, 3.63) is 52.4 Å². The van der Waals surface area contributed by atoms with Crippen molar-refractivity contribution in [3.63, 3.8) is 0 Å². The number of nitrogens with one attached hydrogen (secondary N) is 1. The summed E-state index contributed by atoms with van der Waals surface area (Å²) in [5.41, 5.74) is 2.33. The van der Waals surface area contributed by atoms with Gasteiger partial charge in [-0.05, 0) is 55.8 Å². The average molecular weight is 433 g/mol. The smallest absolute Gasteiger partial charge is 0.266 e. The number of rotatable bonds is 7. The highest BCUT2D eigenvalue weighted by Crippen LogP contribution is 2.35. The lowest BCUT2D eigenvalue weighted by molar-refractivity contribution is -0.122. The summed E-state index contributed by atoms with van der Waals surface area (Å²) in [4.78, 5) is 17.0. The number of halogens is 1. The molecule has 0 saturated carbocycles. The van der Waals surface area contributed by atoms with Crippen LogP contribution in [0.5, 0.6) is 17.2 Å². The Labute approximate surface area is 178 Å². The van der Waals surface area contributed by atoms with Crippen LogP contribution in [0.3, 0.4) is 0 Å². The van der Waals surface area contributed by atoms with Crippen LogP contribution in [0, 0.1) is 6.92 Å². The van der Waals surface area contributed by atoms with Gasteiger partial charge in [0.15, 0.2) is 11.2 Å². The lowest BCUT2D eigenvalue weighted by atomic mass is 10.1. The maximum absolute atomic E-state index is 12.5. The highest BCUT2D eigenvalue weighted by Gasteiger charge is 2.18. The first-order valence-electron chi connectivity index (χ1n) is 8.83. The van der Waals surface area contributed by atoms with Crippen LogP contribution in [0.1, 0.15) is 12.5 Å². The van der Waals surface area contributed by atoms with Crippen molar-refractivity contribution in [1.29, 1.82) is 0 Å². The Morgan fingerprint density at radius 3 is 2.59 bits per heavy atom. The van der Waals surface area contributed by atoms with Crippen LogP contribution in [-0.4, -0.2) is 31.2 Å². The summed E-state index contributed by atoms with van der Waals surface area (Å²) >= 11 is 7.28. The van der Waals surface area contributed by atoms with Crippen molar-refractivity contribution in [2.45, 2.75) is 20.0 Å². The fraction of sp³-hybridized carbons (Fsp3) is 0.238. The molecule has 6 nitrogen and oxygen atoms in total. The summed E-state index contributed by atoms with van der Waals surface area (Å²) < 4.78 is 16.4. The number of benzene rings is 2. The van der Waals surface area contributed by atoms with Crippen LogP contribution < -0.4 is 19.5 Å². The third-order valence-electron chi connectivity index (χ3n) is 4.23. The number of anilines is 1. The molecule has 0 spiro atoms. The third-order valence-corrected chi connectivity index (χ3v) is 5.22. The molecule has 0 aliphatic carbocycles. The second kappa shape index (κ2) is 9.15. The minimum atomic E-state index is -0.700. The summed E-state index contributed by atoms with van der Waals surface area (Å²) in [5, 5.41) is 5.73. The van der Waals surface area contributed by atoms with E-state index in [1.54, 1.807) is 39.3 Å². The zero-order chi connectivity index (χ0) is 21.0. The van der Waals surface area contributed by atoms with E-state index >= 15 is 0 Å². The molecule has 0 saturated heterocycles. The summed E-state index contributed by atoms with van der Waals surface area (Å²) in [6, 6.07) is 10.7. The first kappa shape index (κ1) is 21.0. The number of thiazole rings is 1. The number of carbonyl (C=O) groups is 1. The molecule has 0 unspecified atom stereocenters. The molecule has 0 bridgehead atoms. The zero-order valence-corrected chi connectivity index (χ0v) is 18.1. The van der Waals surface area contributed by atoms with Gasteiger partial charge in [-0.1, -0.05) is 11.6 Å². The van der Waals surface area contributed by atoms with Gasteiger partial charge in [-0.25, -0.2) is 4.98 Å².